The van der Waals surface area contributed by atoms with Crippen LogP contribution in [0.3, 0.4) is 0 Å². The molecule has 0 saturated carbocycles. The number of amides is 1. The molecule has 0 radical (unpaired) electrons. The van der Waals surface area contributed by atoms with E-state index in [4.69, 9.17) is 11.6 Å². The van der Waals surface area contributed by atoms with Crippen molar-refractivity contribution in [1.29, 1.82) is 0 Å². The van der Waals surface area contributed by atoms with Gasteiger partial charge in [-0.1, -0.05) is 11.6 Å². The minimum absolute atomic E-state index is 0.281. The van der Waals surface area contributed by atoms with Gasteiger partial charge in [0, 0.05) is 19.6 Å². The van der Waals surface area contributed by atoms with E-state index in [-0.39, 0.29) is 10.6 Å². The molecule has 1 fully saturated rings. The molecule has 1 amide bonds. The zero-order valence-corrected chi connectivity index (χ0v) is 11.5. The summed E-state index contributed by atoms with van der Waals surface area (Å²) in [5, 5.41) is 2.84. The summed E-state index contributed by atoms with van der Waals surface area (Å²) in [7, 11) is 0. The quantitative estimate of drug-likeness (QED) is 0.805. The summed E-state index contributed by atoms with van der Waals surface area (Å²) >= 11 is 5.48. The predicted octanol–water partition coefficient (Wildman–Crippen LogP) is 2.44. The van der Waals surface area contributed by atoms with Crippen LogP contribution in [-0.4, -0.2) is 36.0 Å². The lowest BCUT2D eigenvalue weighted by molar-refractivity contribution is 0.0472. The molecule has 0 aromatic heterocycles. The van der Waals surface area contributed by atoms with Gasteiger partial charge < -0.3 is 10.2 Å². The molecule has 1 aromatic rings. The van der Waals surface area contributed by atoms with Crippen molar-refractivity contribution >= 4 is 17.5 Å². The molecule has 6 heteroatoms. The summed E-state index contributed by atoms with van der Waals surface area (Å²) < 4.78 is 27.2. The Morgan fingerprint density at radius 1 is 1.37 bits per heavy atom. The van der Waals surface area contributed by atoms with Gasteiger partial charge in [-0.05, 0) is 26.0 Å². The number of hydrogen-bond donors (Lipinski definition) is 1. The van der Waals surface area contributed by atoms with Gasteiger partial charge in [0.1, 0.15) is 11.6 Å². The van der Waals surface area contributed by atoms with Gasteiger partial charge in [0.15, 0.2) is 0 Å². The average Bonchev–Trinajstić information content (AvgIpc) is 2.32. The van der Waals surface area contributed by atoms with Crippen molar-refractivity contribution in [3.8, 4) is 0 Å². The first-order chi connectivity index (χ1) is 8.83. The van der Waals surface area contributed by atoms with Crippen molar-refractivity contribution < 1.29 is 13.6 Å². The number of hydrogen-bond acceptors (Lipinski definition) is 2. The van der Waals surface area contributed by atoms with E-state index in [1.807, 2.05) is 13.8 Å². The largest absolute Gasteiger partial charge is 0.331 e. The highest BCUT2D eigenvalue weighted by molar-refractivity contribution is 6.30. The highest BCUT2D eigenvalue weighted by Gasteiger charge is 2.35. The molecule has 1 saturated heterocycles. The lowest BCUT2D eigenvalue weighted by Gasteiger charge is -2.42. The van der Waals surface area contributed by atoms with E-state index in [1.54, 1.807) is 4.90 Å². The summed E-state index contributed by atoms with van der Waals surface area (Å²) in [5.74, 6) is -2.11. The van der Waals surface area contributed by atoms with Crippen LogP contribution in [0.1, 0.15) is 24.2 Å². The van der Waals surface area contributed by atoms with Crippen molar-refractivity contribution in [2.45, 2.75) is 19.4 Å². The molecule has 3 nitrogen and oxygen atoms in total. The summed E-state index contributed by atoms with van der Waals surface area (Å²) in [5.41, 5.74) is -0.727. The van der Waals surface area contributed by atoms with Crippen molar-refractivity contribution in [2.75, 3.05) is 19.6 Å². The molecule has 0 atom stereocenters. The smallest absolute Gasteiger partial charge is 0.257 e. The maximum atomic E-state index is 13.8. The molecule has 1 N–H and O–H groups in total. The van der Waals surface area contributed by atoms with Crippen LogP contribution in [0.2, 0.25) is 5.02 Å². The van der Waals surface area contributed by atoms with Gasteiger partial charge >= 0.3 is 0 Å². The van der Waals surface area contributed by atoms with Crippen LogP contribution in [0.5, 0.6) is 0 Å². The van der Waals surface area contributed by atoms with E-state index >= 15 is 0 Å². The van der Waals surface area contributed by atoms with E-state index in [0.717, 1.165) is 12.1 Å². The van der Waals surface area contributed by atoms with Gasteiger partial charge in [-0.2, -0.15) is 0 Å². The molecule has 2 rings (SSSR count). The van der Waals surface area contributed by atoms with Crippen LogP contribution >= 0.6 is 11.6 Å². The number of halogens is 3. The molecule has 0 bridgehead atoms. The van der Waals surface area contributed by atoms with E-state index in [1.165, 1.54) is 0 Å². The number of rotatable bonds is 1. The van der Waals surface area contributed by atoms with Crippen LogP contribution in [0.25, 0.3) is 0 Å². The molecular formula is C13H15ClF2N2O. The third-order valence-corrected chi connectivity index (χ3v) is 3.58. The summed E-state index contributed by atoms with van der Waals surface area (Å²) in [4.78, 5) is 13.9. The van der Waals surface area contributed by atoms with Crippen LogP contribution in [-0.2, 0) is 0 Å². The van der Waals surface area contributed by atoms with Crippen LogP contribution < -0.4 is 5.32 Å². The Kier molecular flexibility index (Phi) is 3.78. The first kappa shape index (κ1) is 14.2. The normalized spacial score (nSPS) is 18.5. The Morgan fingerprint density at radius 3 is 2.68 bits per heavy atom. The molecule has 0 unspecified atom stereocenters. The minimum Gasteiger partial charge on any atom is -0.331 e. The van der Waals surface area contributed by atoms with Crippen molar-refractivity contribution in [3.05, 3.63) is 34.4 Å². The molecule has 1 aromatic carbocycles. The van der Waals surface area contributed by atoms with Gasteiger partial charge in [-0.15, -0.1) is 0 Å². The fourth-order valence-electron chi connectivity index (χ4n) is 2.19. The van der Waals surface area contributed by atoms with Gasteiger partial charge in [0.05, 0.1) is 16.1 Å². The van der Waals surface area contributed by atoms with Crippen molar-refractivity contribution in [2.24, 2.45) is 0 Å². The Bertz CT molecular complexity index is 520. The molecule has 1 aliphatic rings. The standard InChI is InChI=1S/C13H15ClF2N2O/c1-13(2)7-17-3-4-18(13)12(19)8-5-11(16)9(14)6-10(8)15/h5-6,17H,3-4,7H2,1-2H3. The van der Waals surface area contributed by atoms with Crippen molar-refractivity contribution in [3.63, 3.8) is 0 Å². The third-order valence-electron chi connectivity index (χ3n) is 3.29. The molecule has 104 valence electrons. The lowest BCUT2D eigenvalue weighted by atomic mass is 9.98. The number of benzene rings is 1. The second-order valence-electron chi connectivity index (χ2n) is 5.19. The van der Waals surface area contributed by atoms with E-state index in [0.29, 0.717) is 19.6 Å². The maximum Gasteiger partial charge on any atom is 0.257 e. The molecule has 0 aliphatic carbocycles. The SMILES string of the molecule is CC1(C)CNCCN1C(=O)c1cc(F)c(Cl)cc1F. The third kappa shape index (κ3) is 2.72. The van der Waals surface area contributed by atoms with E-state index in [9.17, 15) is 13.6 Å². The van der Waals surface area contributed by atoms with Crippen LogP contribution in [0.4, 0.5) is 8.78 Å². The molecule has 0 spiro atoms. The second-order valence-corrected chi connectivity index (χ2v) is 5.60. The summed E-state index contributed by atoms with van der Waals surface area (Å²) in [6.45, 7) is 5.45. The first-order valence-electron chi connectivity index (χ1n) is 6.00. The molecule has 19 heavy (non-hydrogen) atoms. The number of nitrogens with one attached hydrogen (secondary N) is 1. The van der Waals surface area contributed by atoms with Crippen LogP contribution in [0, 0.1) is 11.6 Å². The Labute approximate surface area is 115 Å². The average molecular weight is 289 g/mol. The van der Waals surface area contributed by atoms with E-state index in [2.05, 4.69) is 5.32 Å². The topological polar surface area (TPSA) is 32.3 Å². The number of piperazine rings is 1. The molecular weight excluding hydrogens is 274 g/mol. The Balaban J connectivity index is 2.36. The number of carbonyl (C=O) groups is 1. The van der Waals surface area contributed by atoms with Crippen LogP contribution in [0.15, 0.2) is 12.1 Å². The predicted molar refractivity (Wildman–Crippen MR) is 69.4 cm³/mol. The second kappa shape index (κ2) is 5.06. The zero-order chi connectivity index (χ0) is 14.2. The van der Waals surface area contributed by atoms with Gasteiger partial charge in [-0.25, -0.2) is 8.78 Å². The van der Waals surface area contributed by atoms with Gasteiger partial charge in [-0.3, -0.25) is 4.79 Å². The monoisotopic (exact) mass is 288 g/mol. The summed E-state index contributed by atoms with van der Waals surface area (Å²) in [6, 6.07) is 1.69. The number of carbonyl (C=O) groups excluding carboxylic acids is 1. The fourth-order valence-corrected chi connectivity index (χ4v) is 2.34. The Morgan fingerprint density at radius 2 is 2.05 bits per heavy atom. The highest BCUT2D eigenvalue weighted by atomic mass is 35.5. The molecule has 1 heterocycles. The van der Waals surface area contributed by atoms with Crippen molar-refractivity contribution in [1.82, 2.24) is 10.2 Å². The minimum atomic E-state index is -0.800. The van der Waals surface area contributed by atoms with Gasteiger partial charge in [0.25, 0.3) is 5.91 Å². The maximum absolute atomic E-state index is 13.8. The van der Waals surface area contributed by atoms with Gasteiger partial charge in [0.2, 0.25) is 0 Å². The number of nitrogens with zero attached hydrogens (tertiary/aromatic N) is 1. The fraction of sp³-hybridized carbons (Fsp3) is 0.462. The highest BCUT2D eigenvalue weighted by Crippen LogP contribution is 2.24. The zero-order valence-electron chi connectivity index (χ0n) is 10.8. The first-order valence-corrected chi connectivity index (χ1v) is 6.38. The lowest BCUT2D eigenvalue weighted by Crippen LogP contribution is -2.59. The van der Waals surface area contributed by atoms with E-state index < -0.39 is 23.1 Å². The Hall–Kier alpha value is -1.20. The summed E-state index contributed by atoms with van der Waals surface area (Å²) in [6.07, 6.45) is 0. The molecule has 1 aliphatic heterocycles.